The lowest BCUT2D eigenvalue weighted by Crippen LogP contribution is -2.36. The van der Waals surface area contributed by atoms with Crippen LogP contribution in [0.25, 0.3) is 0 Å². The molecule has 1 aliphatic heterocycles. The number of carbonyl (C=O) groups excluding carboxylic acids is 3. The maximum absolute atomic E-state index is 12.3. The molecule has 2 rings (SSSR count). The number of ketones is 1. The van der Waals surface area contributed by atoms with Crippen molar-refractivity contribution in [2.24, 2.45) is 5.41 Å². The first-order valence-corrected chi connectivity index (χ1v) is 7.67. The smallest absolute Gasteiger partial charge is 0.337 e. The van der Waals surface area contributed by atoms with Crippen LogP contribution in [0.1, 0.15) is 49.9 Å². The first-order valence-electron chi connectivity index (χ1n) is 7.67. The Bertz CT molecular complexity index is 563. The number of hydroxylamine groups is 2. The van der Waals surface area contributed by atoms with Gasteiger partial charge in [-0.15, -0.1) is 0 Å². The van der Waals surface area contributed by atoms with E-state index >= 15 is 0 Å². The topological polar surface area (TPSA) is 63.7 Å². The van der Waals surface area contributed by atoms with E-state index in [2.05, 4.69) is 0 Å². The maximum Gasteiger partial charge on any atom is 0.348 e. The van der Waals surface area contributed by atoms with Crippen LogP contribution in [-0.4, -0.2) is 29.3 Å². The van der Waals surface area contributed by atoms with Crippen LogP contribution in [0.4, 0.5) is 0 Å². The Morgan fingerprint density at radius 3 is 2.32 bits per heavy atom. The minimum atomic E-state index is -1.04. The van der Waals surface area contributed by atoms with Gasteiger partial charge in [-0.1, -0.05) is 44.2 Å². The lowest BCUT2D eigenvalue weighted by Gasteiger charge is -2.18. The molecule has 5 nitrogen and oxygen atoms in total. The number of Topliss-reactive ketones (excluding diaryl/α,β-unsaturated/α-hetero) is 1. The summed E-state index contributed by atoms with van der Waals surface area (Å²) in [7, 11) is 0. The minimum absolute atomic E-state index is 0.0239. The fourth-order valence-corrected chi connectivity index (χ4v) is 2.69. The Hall–Kier alpha value is -2.17. The largest absolute Gasteiger partial charge is 0.348 e. The molecular formula is C17H21NO4. The Morgan fingerprint density at radius 1 is 1.14 bits per heavy atom. The second-order valence-electron chi connectivity index (χ2n) is 5.47. The van der Waals surface area contributed by atoms with Crippen molar-refractivity contribution in [1.82, 2.24) is 5.06 Å². The monoisotopic (exact) mass is 303 g/mol. The second kappa shape index (κ2) is 6.73. The molecule has 0 saturated carbocycles. The van der Waals surface area contributed by atoms with Crippen molar-refractivity contribution in [3.63, 3.8) is 0 Å². The molecule has 0 spiro atoms. The van der Waals surface area contributed by atoms with Crippen LogP contribution in [0.3, 0.4) is 0 Å². The molecule has 1 aromatic carbocycles. The molecule has 0 radical (unpaired) electrons. The predicted octanol–water partition coefficient (Wildman–Crippen LogP) is 2.76. The van der Waals surface area contributed by atoms with Crippen LogP contribution < -0.4 is 0 Å². The van der Waals surface area contributed by atoms with E-state index in [1.165, 1.54) is 0 Å². The van der Waals surface area contributed by atoms with Crippen LogP contribution in [0.2, 0.25) is 0 Å². The number of nitrogens with zero attached hydrogens (tertiary/aromatic N) is 1. The molecule has 0 aromatic heterocycles. The molecule has 1 amide bonds. The fraction of sp³-hybridized carbons (Fsp3) is 0.471. The maximum atomic E-state index is 12.3. The third-order valence-electron chi connectivity index (χ3n) is 4.29. The summed E-state index contributed by atoms with van der Waals surface area (Å²) in [5.41, 5.74) is -0.382. The predicted molar refractivity (Wildman–Crippen MR) is 80.8 cm³/mol. The van der Waals surface area contributed by atoms with E-state index in [4.69, 9.17) is 4.84 Å². The molecule has 0 aliphatic carbocycles. The summed E-state index contributed by atoms with van der Waals surface area (Å²) >= 11 is 0. The van der Waals surface area contributed by atoms with Gasteiger partial charge in [-0.3, -0.25) is 9.59 Å². The van der Waals surface area contributed by atoms with Gasteiger partial charge in [0, 0.05) is 12.0 Å². The van der Waals surface area contributed by atoms with Gasteiger partial charge in [-0.25, -0.2) is 4.79 Å². The number of benzene rings is 1. The summed E-state index contributed by atoms with van der Waals surface area (Å²) in [6.07, 6.45) is 1.65. The Labute approximate surface area is 130 Å². The van der Waals surface area contributed by atoms with Gasteiger partial charge in [0.25, 0.3) is 5.91 Å². The Balaban J connectivity index is 1.89. The van der Waals surface area contributed by atoms with E-state index in [0.717, 1.165) is 5.06 Å². The van der Waals surface area contributed by atoms with Gasteiger partial charge in [-0.2, -0.15) is 5.06 Å². The first kappa shape index (κ1) is 16.2. The van der Waals surface area contributed by atoms with Crippen LogP contribution in [0.15, 0.2) is 30.3 Å². The SMILES string of the molecule is CCC1(CC)C(=O)ON(CCCC(=O)c2ccccc2)C1=O. The molecule has 118 valence electrons. The van der Waals surface area contributed by atoms with Gasteiger partial charge >= 0.3 is 5.97 Å². The van der Waals surface area contributed by atoms with E-state index in [-0.39, 0.29) is 18.2 Å². The van der Waals surface area contributed by atoms with Crippen molar-refractivity contribution in [1.29, 1.82) is 0 Å². The summed E-state index contributed by atoms with van der Waals surface area (Å²) in [6, 6.07) is 9.02. The van der Waals surface area contributed by atoms with Gasteiger partial charge in [0.2, 0.25) is 0 Å². The van der Waals surface area contributed by atoms with Crippen molar-refractivity contribution in [2.75, 3.05) is 6.54 Å². The van der Waals surface area contributed by atoms with E-state index in [0.29, 0.717) is 31.2 Å². The quantitative estimate of drug-likeness (QED) is 0.574. The number of rotatable bonds is 7. The third kappa shape index (κ3) is 2.89. The molecule has 1 aliphatic rings. The Morgan fingerprint density at radius 2 is 1.77 bits per heavy atom. The van der Waals surface area contributed by atoms with E-state index in [9.17, 15) is 14.4 Å². The molecule has 1 fully saturated rings. The zero-order valence-corrected chi connectivity index (χ0v) is 13.0. The van der Waals surface area contributed by atoms with Gasteiger partial charge < -0.3 is 4.84 Å². The molecular weight excluding hydrogens is 282 g/mol. The van der Waals surface area contributed by atoms with Crippen LogP contribution in [0, 0.1) is 5.41 Å². The molecule has 0 unspecified atom stereocenters. The van der Waals surface area contributed by atoms with Crippen molar-refractivity contribution >= 4 is 17.7 Å². The molecule has 0 atom stereocenters. The highest BCUT2D eigenvalue weighted by Gasteiger charge is 2.54. The number of hydrogen-bond donors (Lipinski definition) is 0. The summed E-state index contributed by atoms with van der Waals surface area (Å²) in [5.74, 6) is -0.734. The van der Waals surface area contributed by atoms with Gasteiger partial charge in [0.1, 0.15) is 0 Å². The summed E-state index contributed by atoms with van der Waals surface area (Å²) < 4.78 is 0. The van der Waals surface area contributed by atoms with Gasteiger partial charge in [-0.05, 0) is 19.3 Å². The highest BCUT2D eigenvalue weighted by molar-refractivity contribution is 6.06. The molecule has 22 heavy (non-hydrogen) atoms. The summed E-state index contributed by atoms with van der Waals surface area (Å²) in [5, 5.41) is 1.12. The van der Waals surface area contributed by atoms with Gasteiger partial charge in [0.15, 0.2) is 11.2 Å². The molecule has 1 saturated heterocycles. The van der Waals surface area contributed by atoms with E-state index < -0.39 is 11.4 Å². The average molecular weight is 303 g/mol. The number of hydrogen-bond acceptors (Lipinski definition) is 4. The van der Waals surface area contributed by atoms with Crippen LogP contribution >= 0.6 is 0 Å². The molecule has 0 N–H and O–H groups in total. The summed E-state index contributed by atoms with van der Waals surface area (Å²) in [6.45, 7) is 3.88. The van der Waals surface area contributed by atoms with E-state index in [1.54, 1.807) is 12.1 Å². The lowest BCUT2D eigenvalue weighted by molar-refractivity contribution is -0.178. The third-order valence-corrected chi connectivity index (χ3v) is 4.29. The summed E-state index contributed by atoms with van der Waals surface area (Å²) in [4.78, 5) is 41.4. The normalized spacial score (nSPS) is 16.7. The molecule has 1 aromatic rings. The minimum Gasteiger partial charge on any atom is -0.337 e. The average Bonchev–Trinajstić information content (AvgIpc) is 2.79. The molecule has 5 heteroatoms. The standard InChI is InChI=1S/C17H21NO4/c1-3-17(4-2)15(20)18(22-16(17)21)12-8-11-14(19)13-9-6-5-7-10-13/h5-7,9-10H,3-4,8,11-12H2,1-2H3. The molecule has 1 heterocycles. The highest BCUT2D eigenvalue weighted by Crippen LogP contribution is 2.36. The first-order chi connectivity index (χ1) is 10.5. The highest BCUT2D eigenvalue weighted by atomic mass is 16.7. The van der Waals surface area contributed by atoms with Crippen LogP contribution in [0.5, 0.6) is 0 Å². The van der Waals surface area contributed by atoms with Crippen LogP contribution in [-0.2, 0) is 14.4 Å². The fourth-order valence-electron chi connectivity index (χ4n) is 2.69. The number of carbonyl (C=O) groups is 3. The van der Waals surface area contributed by atoms with Crippen molar-refractivity contribution in [2.45, 2.75) is 39.5 Å². The zero-order chi connectivity index (χ0) is 16.2. The second-order valence-corrected chi connectivity index (χ2v) is 5.47. The van der Waals surface area contributed by atoms with Crippen molar-refractivity contribution in [3.8, 4) is 0 Å². The lowest BCUT2D eigenvalue weighted by atomic mass is 9.82. The zero-order valence-electron chi connectivity index (χ0n) is 13.0. The number of amides is 1. The molecule has 0 bridgehead atoms. The van der Waals surface area contributed by atoms with Crippen molar-refractivity contribution in [3.05, 3.63) is 35.9 Å². The Kier molecular flexibility index (Phi) is 4.96. The van der Waals surface area contributed by atoms with E-state index in [1.807, 2.05) is 32.0 Å². The van der Waals surface area contributed by atoms with Gasteiger partial charge in [0.05, 0.1) is 6.54 Å². The van der Waals surface area contributed by atoms with Crippen molar-refractivity contribution < 1.29 is 19.2 Å².